The van der Waals surface area contributed by atoms with Gasteiger partial charge < -0.3 is 5.32 Å². The van der Waals surface area contributed by atoms with Crippen LogP contribution in [-0.4, -0.2) is 22.9 Å². The minimum atomic E-state index is -0.494. The van der Waals surface area contributed by atoms with Crippen LogP contribution in [0.2, 0.25) is 0 Å². The van der Waals surface area contributed by atoms with Crippen molar-refractivity contribution in [2.45, 2.75) is 51.6 Å². The number of amides is 1. The normalized spacial score (nSPS) is 19.0. The molecule has 0 unspecified atom stereocenters. The molecule has 1 amide bonds. The largest absolute Gasteiger partial charge is 0.445 e. The van der Waals surface area contributed by atoms with Crippen molar-refractivity contribution in [3.63, 3.8) is 0 Å². The van der Waals surface area contributed by atoms with Gasteiger partial charge in [-0.1, -0.05) is 53.7 Å². The number of fused-ring (bicyclic) bond motifs is 2. The fourth-order valence-corrected chi connectivity index (χ4v) is 4.65. The van der Waals surface area contributed by atoms with E-state index in [0.717, 1.165) is 41.1 Å². The maximum absolute atomic E-state index is 13.2. The molecule has 5 heteroatoms. The average molecular weight is 391 g/mol. The molecule has 0 atom stereocenters. The number of carbonyl (C=O) groups is 1. The van der Waals surface area contributed by atoms with Gasteiger partial charge in [-0.25, -0.2) is 9.69 Å². The third-order valence-corrected chi connectivity index (χ3v) is 5.33. The van der Waals surface area contributed by atoms with Crippen molar-refractivity contribution in [2.75, 3.05) is 4.90 Å². The van der Waals surface area contributed by atoms with E-state index >= 15 is 0 Å². The predicted molar refractivity (Wildman–Crippen MR) is 117 cm³/mol. The molecule has 0 spiro atoms. The molecule has 0 bridgehead atoms. The number of hydrogen-bond donors (Lipinski definition) is 1. The van der Waals surface area contributed by atoms with Crippen LogP contribution >= 0.6 is 0 Å². The number of anilines is 2. The van der Waals surface area contributed by atoms with E-state index in [4.69, 9.17) is 4.84 Å². The second-order valence-electron chi connectivity index (χ2n) is 9.28. The lowest BCUT2D eigenvalue weighted by atomic mass is 9.81. The van der Waals surface area contributed by atoms with Crippen molar-refractivity contribution in [3.8, 4) is 0 Å². The first kappa shape index (κ1) is 19.4. The van der Waals surface area contributed by atoms with Crippen LogP contribution in [0.4, 0.5) is 16.2 Å². The summed E-state index contributed by atoms with van der Waals surface area (Å²) in [4.78, 5) is 20.3. The van der Waals surface area contributed by atoms with Crippen molar-refractivity contribution >= 4 is 35.3 Å². The monoisotopic (exact) mass is 390 g/mol. The highest BCUT2D eigenvalue weighted by atomic mass is 16.7. The van der Waals surface area contributed by atoms with Crippen LogP contribution in [0.3, 0.4) is 0 Å². The van der Waals surface area contributed by atoms with E-state index in [0.29, 0.717) is 0 Å². The minimum absolute atomic E-state index is 0.0265. The number of para-hydroxylation sites is 2. The van der Waals surface area contributed by atoms with E-state index in [-0.39, 0.29) is 11.1 Å². The Morgan fingerprint density at radius 1 is 0.897 bits per heavy atom. The number of nitrogens with zero attached hydrogens (tertiary/aromatic N) is 2. The first-order valence-electron chi connectivity index (χ1n) is 10.0. The Kier molecular flexibility index (Phi) is 4.79. The molecular formula is C24H28N3O2+. The summed E-state index contributed by atoms with van der Waals surface area (Å²) in [7, 11) is 0. The van der Waals surface area contributed by atoms with E-state index < -0.39 is 6.09 Å². The zero-order chi connectivity index (χ0) is 20.6. The van der Waals surface area contributed by atoms with Gasteiger partial charge in [0.05, 0.1) is 28.2 Å². The highest BCUT2D eigenvalue weighted by Gasteiger charge is 2.40. The van der Waals surface area contributed by atoms with Crippen molar-refractivity contribution in [1.29, 1.82) is 0 Å². The van der Waals surface area contributed by atoms with E-state index in [2.05, 4.69) is 38.2 Å². The van der Waals surface area contributed by atoms with Gasteiger partial charge in [-0.15, -0.1) is 0 Å². The summed E-state index contributed by atoms with van der Waals surface area (Å²) in [5.41, 5.74) is 4.47. The van der Waals surface area contributed by atoms with Crippen molar-refractivity contribution < 1.29 is 14.9 Å². The Hall–Kier alpha value is -2.92. The second kappa shape index (κ2) is 7.16. The summed E-state index contributed by atoms with van der Waals surface area (Å²) in [6.07, 6.45) is 5.13. The molecule has 150 valence electrons. The lowest BCUT2D eigenvalue weighted by Crippen LogP contribution is -3.05. The van der Waals surface area contributed by atoms with Crippen LogP contribution in [0.15, 0.2) is 53.7 Å². The molecule has 0 aliphatic carbocycles. The average Bonchev–Trinajstić information content (AvgIpc) is 2.80. The molecule has 29 heavy (non-hydrogen) atoms. The van der Waals surface area contributed by atoms with Gasteiger partial charge in [0.1, 0.15) is 0 Å². The summed E-state index contributed by atoms with van der Waals surface area (Å²) in [5, 5.41) is 6.68. The lowest BCUT2D eigenvalue weighted by Gasteiger charge is -2.39. The molecule has 5 nitrogen and oxygen atoms in total. The van der Waals surface area contributed by atoms with Gasteiger partial charge in [0.15, 0.2) is 0 Å². The number of hydrogen-bond acceptors (Lipinski definition) is 3. The highest BCUT2D eigenvalue weighted by molar-refractivity contribution is 6.03. The van der Waals surface area contributed by atoms with Gasteiger partial charge in [-0.3, -0.25) is 4.84 Å². The Bertz CT molecular complexity index is 937. The molecule has 0 aromatic heterocycles. The van der Waals surface area contributed by atoms with E-state index in [1.54, 1.807) is 4.90 Å². The van der Waals surface area contributed by atoms with Gasteiger partial charge in [-0.2, -0.15) is 0 Å². The predicted octanol–water partition coefficient (Wildman–Crippen LogP) is 4.72. The summed E-state index contributed by atoms with van der Waals surface area (Å²) in [5.74, 6) is 0. The van der Waals surface area contributed by atoms with Crippen LogP contribution in [0.5, 0.6) is 0 Å². The standard InChI is InChI=1S/C24H27N3O2/c1-23(2)15-19(16-24(3,4)26-23)25-29-22(28)27-20-11-7-5-9-17(20)13-14-18-10-6-8-12-21(18)27/h5-14,26H,15-16H2,1-4H3/p+1. The third-order valence-electron chi connectivity index (χ3n) is 5.33. The topological polar surface area (TPSA) is 58.5 Å². The lowest BCUT2D eigenvalue weighted by molar-refractivity contribution is -0.780. The molecule has 2 N–H and O–H groups in total. The molecule has 0 saturated carbocycles. The van der Waals surface area contributed by atoms with Crippen LogP contribution in [0.1, 0.15) is 51.7 Å². The Morgan fingerprint density at radius 2 is 1.38 bits per heavy atom. The van der Waals surface area contributed by atoms with Crippen LogP contribution in [0, 0.1) is 0 Å². The van der Waals surface area contributed by atoms with Crippen molar-refractivity contribution in [3.05, 3.63) is 59.7 Å². The SMILES string of the molecule is CC1(C)CC(=NOC(=O)N2c3ccccc3C=Cc3ccccc32)CC(C)(C)[NH2+]1. The number of rotatable bonds is 1. The number of carbonyl (C=O) groups excluding carboxylic acids is 1. The van der Waals surface area contributed by atoms with Crippen LogP contribution in [0.25, 0.3) is 12.2 Å². The third kappa shape index (κ3) is 4.10. The molecule has 2 aliphatic heterocycles. The Morgan fingerprint density at radius 3 is 1.90 bits per heavy atom. The van der Waals surface area contributed by atoms with Crippen molar-refractivity contribution in [1.82, 2.24) is 0 Å². The summed E-state index contributed by atoms with van der Waals surface area (Å²) in [6.45, 7) is 8.77. The first-order valence-corrected chi connectivity index (χ1v) is 10.0. The summed E-state index contributed by atoms with van der Waals surface area (Å²) < 4.78 is 0. The van der Waals surface area contributed by atoms with Crippen LogP contribution in [-0.2, 0) is 4.84 Å². The van der Waals surface area contributed by atoms with E-state index in [1.807, 2.05) is 60.7 Å². The zero-order valence-electron chi connectivity index (χ0n) is 17.5. The molecule has 2 aromatic carbocycles. The molecule has 1 saturated heterocycles. The molecule has 2 aromatic rings. The van der Waals surface area contributed by atoms with E-state index in [1.165, 1.54) is 0 Å². The number of oxime groups is 1. The molecule has 4 rings (SSSR count). The fraction of sp³-hybridized carbons (Fsp3) is 0.333. The quantitative estimate of drug-likeness (QED) is 0.566. The molecular weight excluding hydrogens is 362 g/mol. The summed E-state index contributed by atoms with van der Waals surface area (Å²) in [6, 6.07) is 15.6. The van der Waals surface area contributed by atoms with Crippen molar-refractivity contribution in [2.24, 2.45) is 5.16 Å². The highest BCUT2D eigenvalue weighted by Crippen LogP contribution is 2.36. The van der Waals surface area contributed by atoms with Gasteiger partial charge in [0, 0.05) is 12.8 Å². The van der Waals surface area contributed by atoms with Gasteiger partial charge in [-0.05, 0) is 51.0 Å². The van der Waals surface area contributed by atoms with Gasteiger partial charge >= 0.3 is 6.09 Å². The number of quaternary nitrogens is 1. The maximum Gasteiger partial charge on any atom is 0.445 e. The zero-order valence-corrected chi connectivity index (χ0v) is 17.5. The Balaban J connectivity index is 1.66. The molecule has 1 fully saturated rings. The number of nitrogens with two attached hydrogens (primary N) is 1. The second-order valence-corrected chi connectivity index (χ2v) is 9.28. The Labute approximate surface area is 172 Å². The molecule has 0 radical (unpaired) electrons. The molecule has 2 aliphatic rings. The smallest absolute Gasteiger partial charge is 0.337 e. The maximum atomic E-state index is 13.2. The fourth-order valence-electron chi connectivity index (χ4n) is 4.65. The van der Waals surface area contributed by atoms with Gasteiger partial charge in [0.2, 0.25) is 0 Å². The van der Waals surface area contributed by atoms with E-state index in [9.17, 15) is 4.79 Å². The molecule has 2 heterocycles. The number of piperidine rings is 1. The summed E-state index contributed by atoms with van der Waals surface area (Å²) >= 11 is 0. The number of benzene rings is 2. The minimum Gasteiger partial charge on any atom is -0.337 e. The van der Waals surface area contributed by atoms with Crippen LogP contribution < -0.4 is 10.2 Å². The van der Waals surface area contributed by atoms with Gasteiger partial charge in [0.25, 0.3) is 0 Å². The first-order chi connectivity index (χ1) is 13.7.